The number of hydrogen-bond donors (Lipinski definition) is 0. The molecule has 1 aliphatic rings. The summed E-state index contributed by atoms with van der Waals surface area (Å²) < 4.78 is 0. The first-order valence-electron chi connectivity index (χ1n) is 9.84. The van der Waals surface area contributed by atoms with Gasteiger partial charge in [-0.15, -0.1) is 0 Å². The molecule has 0 amide bonds. The number of hydrogen-bond acceptors (Lipinski definition) is 0. The van der Waals surface area contributed by atoms with E-state index < -0.39 is 8.07 Å². The van der Waals surface area contributed by atoms with E-state index >= 15 is 0 Å². The predicted octanol–water partition coefficient (Wildman–Crippen LogP) is 7.66. The molecule has 0 nitrogen and oxygen atoms in total. The average molecular weight is 309 g/mol. The molecule has 0 heterocycles. The summed E-state index contributed by atoms with van der Waals surface area (Å²) in [5.74, 6) is 0. The van der Waals surface area contributed by atoms with Crippen molar-refractivity contribution in [3.05, 3.63) is 11.8 Å². The summed E-state index contributed by atoms with van der Waals surface area (Å²) in [5.41, 5.74) is 3.74. The third-order valence-corrected chi connectivity index (χ3v) is 9.21. The van der Waals surface area contributed by atoms with E-state index in [9.17, 15) is 0 Å². The zero-order valence-electron chi connectivity index (χ0n) is 15.1. The van der Waals surface area contributed by atoms with Crippen molar-refractivity contribution in [2.24, 2.45) is 0 Å². The van der Waals surface area contributed by atoms with Crippen LogP contribution in [-0.4, -0.2) is 8.07 Å². The number of rotatable bonds is 11. The third-order valence-electron chi connectivity index (χ3n) is 5.43. The summed E-state index contributed by atoms with van der Waals surface area (Å²) in [7, 11) is -1.07. The highest BCUT2D eigenvalue weighted by Crippen LogP contribution is 2.37. The molecule has 0 aromatic heterocycles. The molecular formula is C20H40Si. The lowest BCUT2D eigenvalue weighted by molar-refractivity contribution is 0.494. The van der Waals surface area contributed by atoms with Crippen molar-refractivity contribution >= 4 is 8.07 Å². The quantitative estimate of drug-likeness (QED) is 0.271. The molecule has 0 N–H and O–H groups in total. The largest absolute Gasteiger partial charge is 0.0984 e. The van der Waals surface area contributed by atoms with Gasteiger partial charge in [0.1, 0.15) is 0 Å². The molecule has 0 aliphatic heterocycles. The summed E-state index contributed by atoms with van der Waals surface area (Å²) in [6, 6.07) is 0. The van der Waals surface area contributed by atoms with E-state index in [0.29, 0.717) is 0 Å². The number of allylic oxidation sites excluding steroid dienone is 1. The van der Waals surface area contributed by atoms with Gasteiger partial charge in [0.15, 0.2) is 0 Å². The molecule has 1 aliphatic carbocycles. The van der Waals surface area contributed by atoms with Gasteiger partial charge in [-0.05, 0) is 18.4 Å². The SMILES string of the molecule is CCCCCCCCCC/C=C\[Si](C)(C)C1CCCCC1. The maximum Gasteiger partial charge on any atom is 0.0743 e. The van der Waals surface area contributed by atoms with Gasteiger partial charge in [0.2, 0.25) is 0 Å². The summed E-state index contributed by atoms with van der Waals surface area (Å²) in [5, 5.41) is 0. The first-order valence-corrected chi connectivity index (χ1v) is 13.0. The van der Waals surface area contributed by atoms with E-state index in [1.165, 1.54) is 89.9 Å². The van der Waals surface area contributed by atoms with Crippen molar-refractivity contribution in [2.45, 2.75) is 115 Å². The predicted molar refractivity (Wildman–Crippen MR) is 101 cm³/mol. The Morgan fingerprint density at radius 1 is 0.810 bits per heavy atom. The Kier molecular flexibility index (Phi) is 10.4. The molecule has 21 heavy (non-hydrogen) atoms. The Labute approximate surface area is 135 Å². The van der Waals surface area contributed by atoms with Gasteiger partial charge in [-0.2, -0.15) is 0 Å². The van der Waals surface area contributed by atoms with Crippen LogP contribution in [0.3, 0.4) is 0 Å². The molecular weight excluding hydrogens is 268 g/mol. The summed E-state index contributed by atoms with van der Waals surface area (Å²) in [6.07, 6.45) is 22.9. The second-order valence-corrected chi connectivity index (χ2v) is 12.6. The van der Waals surface area contributed by atoms with Crippen LogP contribution in [0.5, 0.6) is 0 Å². The highest BCUT2D eigenvalue weighted by atomic mass is 28.3. The van der Waals surface area contributed by atoms with Crippen molar-refractivity contribution in [1.29, 1.82) is 0 Å². The van der Waals surface area contributed by atoms with E-state index in [0.717, 1.165) is 5.54 Å². The van der Waals surface area contributed by atoms with E-state index in [4.69, 9.17) is 0 Å². The summed E-state index contributed by atoms with van der Waals surface area (Å²) >= 11 is 0. The van der Waals surface area contributed by atoms with Crippen LogP contribution in [0, 0.1) is 0 Å². The van der Waals surface area contributed by atoms with Crippen molar-refractivity contribution < 1.29 is 0 Å². The zero-order valence-corrected chi connectivity index (χ0v) is 16.1. The van der Waals surface area contributed by atoms with Crippen LogP contribution in [-0.2, 0) is 0 Å². The molecule has 0 aromatic rings. The fraction of sp³-hybridized carbons (Fsp3) is 0.900. The second-order valence-electron chi connectivity index (χ2n) is 7.82. The van der Waals surface area contributed by atoms with Gasteiger partial charge in [0.25, 0.3) is 0 Å². The smallest absolute Gasteiger partial charge is 0.0743 e. The molecule has 0 bridgehead atoms. The molecule has 1 saturated carbocycles. The highest BCUT2D eigenvalue weighted by molar-refractivity contribution is 6.83. The van der Waals surface area contributed by atoms with Gasteiger partial charge < -0.3 is 0 Å². The van der Waals surface area contributed by atoms with Crippen LogP contribution in [0.15, 0.2) is 11.8 Å². The van der Waals surface area contributed by atoms with E-state index in [2.05, 4.69) is 31.8 Å². The van der Waals surface area contributed by atoms with Gasteiger partial charge in [0.05, 0.1) is 8.07 Å². The maximum absolute atomic E-state index is 2.67. The average Bonchev–Trinajstić information content (AvgIpc) is 2.50. The van der Waals surface area contributed by atoms with Crippen molar-refractivity contribution in [3.8, 4) is 0 Å². The van der Waals surface area contributed by atoms with Gasteiger partial charge in [-0.3, -0.25) is 0 Å². The second kappa shape index (κ2) is 11.5. The third kappa shape index (κ3) is 8.86. The molecule has 1 heteroatoms. The van der Waals surface area contributed by atoms with Crippen LogP contribution in [0.4, 0.5) is 0 Å². The molecule has 1 fully saturated rings. The van der Waals surface area contributed by atoms with Crippen LogP contribution < -0.4 is 0 Å². The first kappa shape index (κ1) is 19.0. The minimum absolute atomic E-state index is 1.07. The maximum atomic E-state index is 2.67. The van der Waals surface area contributed by atoms with Gasteiger partial charge >= 0.3 is 0 Å². The normalized spacial score (nSPS) is 17.7. The zero-order chi connectivity index (χ0) is 15.4. The lowest BCUT2D eigenvalue weighted by atomic mass is 10.0. The Hall–Kier alpha value is -0.0431. The summed E-state index contributed by atoms with van der Waals surface area (Å²) in [6.45, 7) is 7.48. The Morgan fingerprint density at radius 2 is 1.38 bits per heavy atom. The molecule has 0 aromatic carbocycles. The van der Waals surface area contributed by atoms with Crippen molar-refractivity contribution in [1.82, 2.24) is 0 Å². The van der Waals surface area contributed by atoms with Crippen molar-refractivity contribution in [3.63, 3.8) is 0 Å². The Balaban J connectivity index is 2.02. The van der Waals surface area contributed by atoms with E-state index in [-0.39, 0.29) is 0 Å². The standard InChI is InChI=1S/C20H40Si/c1-4-5-6-7-8-9-10-11-12-16-19-21(2,3)20-17-14-13-15-18-20/h16,19-20H,4-15,17-18H2,1-3H3/b19-16-. The van der Waals surface area contributed by atoms with Crippen LogP contribution in [0.25, 0.3) is 0 Å². The van der Waals surface area contributed by atoms with E-state index in [1.54, 1.807) is 0 Å². The minimum atomic E-state index is -1.07. The van der Waals surface area contributed by atoms with E-state index in [1.807, 2.05) is 0 Å². The summed E-state index contributed by atoms with van der Waals surface area (Å²) in [4.78, 5) is 0. The van der Waals surface area contributed by atoms with Crippen LogP contribution in [0.2, 0.25) is 18.6 Å². The van der Waals surface area contributed by atoms with Gasteiger partial charge in [0, 0.05) is 0 Å². The molecule has 0 atom stereocenters. The van der Waals surface area contributed by atoms with Crippen molar-refractivity contribution in [2.75, 3.05) is 0 Å². The fourth-order valence-corrected chi connectivity index (χ4v) is 6.71. The molecule has 1 rings (SSSR count). The highest BCUT2D eigenvalue weighted by Gasteiger charge is 2.29. The van der Waals surface area contributed by atoms with Crippen LogP contribution >= 0.6 is 0 Å². The Morgan fingerprint density at radius 3 is 2.00 bits per heavy atom. The molecule has 0 radical (unpaired) electrons. The lowest BCUT2D eigenvalue weighted by Gasteiger charge is -2.33. The topological polar surface area (TPSA) is 0 Å². The first-order chi connectivity index (χ1) is 10.2. The number of unbranched alkanes of at least 4 members (excludes halogenated alkanes) is 8. The minimum Gasteiger partial charge on any atom is -0.0984 e. The Bertz CT molecular complexity index is 261. The molecule has 0 saturated heterocycles. The van der Waals surface area contributed by atoms with Gasteiger partial charge in [-0.1, -0.05) is 109 Å². The molecule has 0 spiro atoms. The van der Waals surface area contributed by atoms with Gasteiger partial charge in [-0.25, -0.2) is 0 Å². The monoisotopic (exact) mass is 308 g/mol. The molecule has 124 valence electrons. The molecule has 0 unspecified atom stereocenters. The van der Waals surface area contributed by atoms with Crippen LogP contribution in [0.1, 0.15) is 96.8 Å². The lowest BCUT2D eigenvalue weighted by Crippen LogP contribution is -2.31. The fourth-order valence-electron chi connectivity index (χ4n) is 3.77.